The van der Waals surface area contributed by atoms with Crippen LogP contribution < -0.4 is 15.5 Å². The molecule has 41 heavy (non-hydrogen) atoms. The number of nitrogens with one attached hydrogen (secondary N) is 2. The van der Waals surface area contributed by atoms with Crippen LogP contribution >= 0.6 is 10.6 Å². The second kappa shape index (κ2) is 10.2. The fourth-order valence-corrected chi connectivity index (χ4v) is 7.68. The van der Waals surface area contributed by atoms with Gasteiger partial charge in [0, 0.05) is 30.4 Å². The van der Waals surface area contributed by atoms with E-state index in [1.165, 1.54) is 0 Å². The van der Waals surface area contributed by atoms with E-state index in [0.717, 1.165) is 5.56 Å². The average Bonchev–Trinajstić information content (AvgIpc) is 3.87. The van der Waals surface area contributed by atoms with Crippen molar-refractivity contribution in [3.8, 4) is 11.4 Å². The van der Waals surface area contributed by atoms with Crippen LogP contribution in [0.15, 0.2) is 39.8 Å². The molecule has 3 heterocycles. The van der Waals surface area contributed by atoms with Crippen LogP contribution in [-0.4, -0.2) is 73.3 Å². The van der Waals surface area contributed by atoms with Crippen molar-refractivity contribution in [3.05, 3.63) is 47.5 Å². The van der Waals surface area contributed by atoms with Gasteiger partial charge in [-0.2, -0.15) is 10.6 Å². The van der Waals surface area contributed by atoms with E-state index in [0.29, 0.717) is 84.8 Å². The number of carbonyl (C=O) groups is 1. The van der Waals surface area contributed by atoms with Gasteiger partial charge in [0.05, 0.1) is 30.6 Å². The van der Waals surface area contributed by atoms with Crippen LogP contribution in [0, 0.1) is 13.8 Å². The molecule has 13 heteroatoms. The number of benzene rings is 1. The van der Waals surface area contributed by atoms with Crippen LogP contribution in [0.2, 0.25) is 0 Å². The highest BCUT2D eigenvalue weighted by Crippen LogP contribution is 2.76. The summed E-state index contributed by atoms with van der Waals surface area (Å²) < 4.78 is 33.4. The molecule has 0 spiro atoms. The Morgan fingerprint density at radius 1 is 1.15 bits per heavy atom. The van der Waals surface area contributed by atoms with Crippen molar-refractivity contribution >= 4 is 28.1 Å². The Morgan fingerprint density at radius 2 is 1.88 bits per heavy atom. The van der Waals surface area contributed by atoms with Gasteiger partial charge >= 0.3 is 6.03 Å². The van der Waals surface area contributed by atoms with Crippen molar-refractivity contribution < 1.29 is 28.3 Å². The van der Waals surface area contributed by atoms with E-state index in [2.05, 4.69) is 27.6 Å². The SMILES string of the molecule is Cc1noc(C)c1S(O)(O)C1(c2cc(N3CCOC[C@@H]3C)nc(-c3ccc(NC(=O)NCC4(O)CC4)cc3)n2)CC1. The lowest BCUT2D eigenvalue weighted by Crippen LogP contribution is -2.44. The minimum absolute atomic E-state index is 0.0798. The Balaban J connectivity index is 1.33. The molecular weight excluding hydrogens is 548 g/mol. The number of aromatic nitrogens is 3. The predicted octanol–water partition coefficient (Wildman–Crippen LogP) is 4.42. The third kappa shape index (κ3) is 5.28. The van der Waals surface area contributed by atoms with E-state index in [1.807, 2.05) is 18.2 Å². The van der Waals surface area contributed by atoms with Crippen LogP contribution in [0.3, 0.4) is 0 Å². The highest BCUT2D eigenvalue weighted by Gasteiger charge is 2.59. The number of carbonyl (C=O) groups excluding carboxylic acids is 1. The van der Waals surface area contributed by atoms with Crippen LogP contribution in [0.4, 0.5) is 16.3 Å². The molecule has 2 aliphatic carbocycles. The van der Waals surface area contributed by atoms with Gasteiger partial charge in [0.2, 0.25) is 0 Å². The number of nitrogens with zero attached hydrogens (tertiary/aromatic N) is 4. The smallest absolute Gasteiger partial charge is 0.319 e. The molecule has 2 amide bonds. The maximum absolute atomic E-state index is 12.3. The van der Waals surface area contributed by atoms with E-state index >= 15 is 0 Å². The second-order valence-electron chi connectivity index (χ2n) is 11.4. The second-order valence-corrected chi connectivity index (χ2v) is 13.6. The lowest BCUT2D eigenvalue weighted by Gasteiger charge is -2.41. The van der Waals surface area contributed by atoms with E-state index in [9.17, 15) is 19.0 Å². The number of rotatable bonds is 8. The lowest BCUT2D eigenvalue weighted by atomic mass is 10.1. The Bertz CT molecular complexity index is 1430. The summed E-state index contributed by atoms with van der Waals surface area (Å²) in [7, 11) is -3.35. The zero-order valence-electron chi connectivity index (χ0n) is 23.4. The summed E-state index contributed by atoms with van der Waals surface area (Å²) >= 11 is 0. The fraction of sp³-hybridized carbons (Fsp3) is 0.500. The van der Waals surface area contributed by atoms with Gasteiger partial charge in [-0.15, -0.1) is 0 Å². The number of aliphatic hydroxyl groups is 1. The van der Waals surface area contributed by atoms with Gasteiger partial charge in [0.25, 0.3) is 0 Å². The first-order valence-electron chi connectivity index (χ1n) is 13.8. The van der Waals surface area contributed by atoms with Gasteiger partial charge < -0.3 is 29.9 Å². The molecule has 220 valence electrons. The first kappa shape index (κ1) is 27.9. The molecule has 6 rings (SSSR count). The summed E-state index contributed by atoms with van der Waals surface area (Å²) in [6.45, 7) is 7.47. The van der Waals surface area contributed by atoms with Crippen molar-refractivity contribution in [2.24, 2.45) is 0 Å². The zero-order chi connectivity index (χ0) is 29.0. The number of ether oxygens (including phenoxy) is 1. The summed E-state index contributed by atoms with van der Waals surface area (Å²) in [5.74, 6) is 1.53. The van der Waals surface area contributed by atoms with Gasteiger partial charge in [0.15, 0.2) is 11.6 Å². The molecule has 1 aliphatic heterocycles. The first-order chi connectivity index (χ1) is 19.5. The third-order valence-corrected chi connectivity index (χ3v) is 11.0. The number of urea groups is 1. The Hall–Kier alpha value is -3.23. The van der Waals surface area contributed by atoms with Crippen LogP contribution in [0.5, 0.6) is 0 Å². The molecule has 1 aromatic carbocycles. The fourth-order valence-electron chi connectivity index (χ4n) is 5.33. The topological polar surface area (TPSA) is 166 Å². The molecule has 1 saturated heterocycles. The van der Waals surface area contributed by atoms with Crippen molar-refractivity contribution in [1.29, 1.82) is 0 Å². The Kier molecular flexibility index (Phi) is 6.97. The summed E-state index contributed by atoms with van der Waals surface area (Å²) in [5, 5.41) is 19.4. The Labute approximate surface area is 239 Å². The van der Waals surface area contributed by atoms with Gasteiger partial charge in [-0.05, 0) is 70.7 Å². The highest BCUT2D eigenvalue weighted by molar-refractivity contribution is 8.25. The number of hydrogen-bond donors (Lipinski definition) is 5. The number of amides is 2. The third-order valence-electron chi connectivity index (χ3n) is 8.15. The number of hydrogen-bond acceptors (Lipinski definition) is 10. The van der Waals surface area contributed by atoms with Gasteiger partial charge in [-0.3, -0.25) is 9.11 Å². The molecule has 2 aromatic heterocycles. The van der Waals surface area contributed by atoms with Crippen molar-refractivity contribution in [2.75, 3.05) is 36.5 Å². The number of anilines is 2. The average molecular weight is 585 g/mol. The zero-order valence-corrected chi connectivity index (χ0v) is 24.2. The summed E-state index contributed by atoms with van der Waals surface area (Å²) in [6, 6.07) is 8.73. The molecule has 0 bridgehead atoms. The van der Waals surface area contributed by atoms with Crippen LogP contribution in [-0.2, 0) is 9.48 Å². The Morgan fingerprint density at radius 3 is 2.49 bits per heavy atom. The molecule has 5 N–H and O–H groups in total. The quantitative estimate of drug-likeness (QED) is 0.256. The standard InChI is InChI=1S/C28H36N6O6S/c1-17-15-39-13-12-34(17)23-14-22(28(10-11-28)41(37,38)24-18(2)33-40-19(24)3)31-25(32-23)20-4-6-21(7-5-20)30-26(35)29-16-27(36)8-9-27/h4-7,14,17,36-38H,8-13,15-16H2,1-3H3,(H2,29,30,35)/t17-/m0/s1. The first-order valence-corrected chi connectivity index (χ1v) is 15.4. The van der Waals surface area contributed by atoms with E-state index < -0.39 is 20.9 Å². The normalized spacial score (nSPS) is 21.3. The number of morpholine rings is 1. The van der Waals surface area contributed by atoms with Gasteiger partial charge in [0.1, 0.15) is 21.2 Å². The summed E-state index contributed by atoms with van der Waals surface area (Å²) in [6.07, 6.45) is 2.50. The molecule has 0 radical (unpaired) electrons. The van der Waals surface area contributed by atoms with E-state index in [1.54, 1.807) is 26.0 Å². The predicted molar refractivity (Wildman–Crippen MR) is 154 cm³/mol. The minimum Gasteiger partial charge on any atom is -0.388 e. The van der Waals surface area contributed by atoms with E-state index in [-0.39, 0.29) is 18.6 Å². The van der Waals surface area contributed by atoms with Gasteiger partial charge in [-0.1, -0.05) is 5.16 Å². The largest absolute Gasteiger partial charge is 0.388 e. The van der Waals surface area contributed by atoms with Crippen molar-refractivity contribution in [2.45, 2.75) is 67.7 Å². The molecule has 3 aliphatic rings. The van der Waals surface area contributed by atoms with E-state index in [4.69, 9.17) is 19.2 Å². The maximum Gasteiger partial charge on any atom is 0.319 e. The number of aryl methyl sites for hydroxylation is 2. The summed E-state index contributed by atoms with van der Waals surface area (Å²) in [5.41, 5.74) is 1.56. The van der Waals surface area contributed by atoms with Crippen LogP contribution in [0.25, 0.3) is 11.4 Å². The van der Waals surface area contributed by atoms with Crippen molar-refractivity contribution in [3.63, 3.8) is 0 Å². The maximum atomic E-state index is 12.3. The van der Waals surface area contributed by atoms with Crippen LogP contribution in [0.1, 0.15) is 49.8 Å². The monoisotopic (exact) mass is 584 g/mol. The highest BCUT2D eigenvalue weighted by atomic mass is 32.3. The molecule has 0 unspecified atom stereocenters. The lowest BCUT2D eigenvalue weighted by molar-refractivity contribution is 0.0985. The van der Waals surface area contributed by atoms with Gasteiger partial charge in [-0.25, -0.2) is 14.8 Å². The molecule has 3 aromatic rings. The molecule has 12 nitrogen and oxygen atoms in total. The molecule has 1 atom stereocenters. The molecular formula is C28H36N6O6S. The summed E-state index contributed by atoms with van der Waals surface area (Å²) in [4.78, 5) is 24.6. The van der Waals surface area contributed by atoms with Crippen molar-refractivity contribution in [1.82, 2.24) is 20.4 Å². The molecule has 3 fully saturated rings. The molecule has 2 saturated carbocycles. The minimum atomic E-state index is -3.35.